The van der Waals surface area contributed by atoms with E-state index in [0.29, 0.717) is 22.8 Å². The molecule has 2 fully saturated rings. The predicted octanol–water partition coefficient (Wildman–Crippen LogP) is 5.56. The first-order valence-electron chi connectivity index (χ1n) is 14.7. The summed E-state index contributed by atoms with van der Waals surface area (Å²) in [5.74, 6) is 1.73. The van der Waals surface area contributed by atoms with Crippen molar-refractivity contribution in [2.75, 3.05) is 94.7 Å². The van der Waals surface area contributed by atoms with Crippen LogP contribution in [0.15, 0.2) is 36.5 Å². The number of aromatic nitrogens is 2. The number of methoxy groups -OCH3 is 1. The molecule has 2 saturated heterocycles. The van der Waals surface area contributed by atoms with Crippen molar-refractivity contribution in [3.63, 3.8) is 0 Å². The number of nitrogens with one attached hydrogen (secondary N) is 3. The molecule has 226 valence electrons. The molecule has 0 radical (unpaired) electrons. The number of halogens is 1. The lowest BCUT2D eigenvalue weighted by Gasteiger charge is -2.43. The smallest absolute Gasteiger partial charge is 0.229 e. The Kier molecular flexibility index (Phi) is 9.94. The third-order valence-electron chi connectivity index (χ3n) is 8.33. The molecule has 2 aliphatic rings. The number of benzene rings is 2. The zero-order valence-corrected chi connectivity index (χ0v) is 27.3. The Labute approximate surface area is 256 Å². The number of piperazine rings is 1. The van der Waals surface area contributed by atoms with E-state index in [9.17, 15) is 0 Å². The summed E-state index contributed by atoms with van der Waals surface area (Å²) >= 11 is 6.54. The highest BCUT2D eigenvalue weighted by atomic mass is 35.5. The van der Waals surface area contributed by atoms with E-state index in [0.717, 1.165) is 54.7 Å². The van der Waals surface area contributed by atoms with Crippen molar-refractivity contribution in [3.05, 3.63) is 47.1 Å². The first kappa shape index (κ1) is 30.6. The molecule has 2 aliphatic heterocycles. The molecule has 3 N–H and O–H groups in total. The van der Waals surface area contributed by atoms with Crippen molar-refractivity contribution in [2.24, 2.45) is 0 Å². The van der Waals surface area contributed by atoms with E-state index >= 15 is 0 Å². The lowest BCUT2D eigenvalue weighted by molar-refractivity contribution is 0.0982. The Bertz CT molecular complexity index is 1370. The van der Waals surface area contributed by atoms with Gasteiger partial charge in [0.25, 0.3) is 0 Å². The average molecular weight is 611 g/mol. The Balaban J connectivity index is 1.33. The van der Waals surface area contributed by atoms with E-state index < -0.39 is 0 Å². The number of aryl methyl sites for hydroxylation is 1. The summed E-state index contributed by atoms with van der Waals surface area (Å²) in [5.41, 5.74) is 5.22. The van der Waals surface area contributed by atoms with E-state index in [2.05, 4.69) is 93.3 Å². The second-order valence-electron chi connectivity index (χ2n) is 11.4. The van der Waals surface area contributed by atoms with Gasteiger partial charge in [-0.05, 0) is 63.6 Å². The third kappa shape index (κ3) is 7.03. The maximum absolute atomic E-state index is 6.54. The molecule has 0 amide bonds. The number of rotatable bonds is 9. The van der Waals surface area contributed by atoms with Crippen LogP contribution in [0.3, 0.4) is 0 Å². The highest BCUT2D eigenvalue weighted by Crippen LogP contribution is 2.39. The SMILES string of the molecule is CNc1cc(Nc2ncc(Cl)c(Nc3ccc(C)cc3P(C)C)n2)c(OC)cc1N1CCC(N2CCN(C)CC2)CC1. The molecule has 0 bridgehead atoms. The normalized spacial score (nSPS) is 17.0. The van der Waals surface area contributed by atoms with Crippen LogP contribution in [0.5, 0.6) is 5.75 Å². The summed E-state index contributed by atoms with van der Waals surface area (Å²) in [6.45, 7) is 13.3. The largest absolute Gasteiger partial charge is 0.494 e. The van der Waals surface area contributed by atoms with Crippen LogP contribution in [-0.4, -0.2) is 99.6 Å². The van der Waals surface area contributed by atoms with Crippen LogP contribution in [0.25, 0.3) is 0 Å². The molecule has 0 aliphatic carbocycles. The summed E-state index contributed by atoms with van der Waals surface area (Å²) in [5, 5.41) is 12.0. The van der Waals surface area contributed by atoms with E-state index in [4.69, 9.17) is 21.3 Å². The van der Waals surface area contributed by atoms with Gasteiger partial charge in [-0.3, -0.25) is 4.90 Å². The molecule has 3 aromatic rings. The van der Waals surface area contributed by atoms with Gasteiger partial charge >= 0.3 is 0 Å². The van der Waals surface area contributed by atoms with Crippen LogP contribution in [0.4, 0.5) is 34.5 Å². The quantitative estimate of drug-likeness (QED) is 0.270. The van der Waals surface area contributed by atoms with Gasteiger partial charge in [-0.15, -0.1) is 0 Å². The van der Waals surface area contributed by atoms with E-state index in [1.165, 1.54) is 36.8 Å². The fourth-order valence-corrected chi connectivity index (χ4v) is 7.05. The lowest BCUT2D eigenvalue weighted by Crippen LogP contribution is -2.52. The molecule has 11 heteroatoms. The molecule has 0 unspecified atom stereocenters. The molecule has 2 aromatic carbocycles. The van der Waals surface area contributed by atoms with Gasteiger partial charge in [-0.25, -0.2) is 4.98 Å². The Morgan fingerprint density at radius 1 is 0.952 bits per heavy atom. The highest BCUT2D eigenvalue weighted by Gasteiger charge is 2.28. The van der Waals surface area contributed by atoms with Crippen LogP contribution in [-0.2, 0) is 0 Å². The van der Waals surface area contributed by atoms with Crippen molar-refractivity contribution in [2.45, 2.75) is 25.8 Å². The molecular weight excluding hydrogens is 567 g/mol. The van der Waals surface area contributed by atoms with Crippen LogP contribution in [0.2, 0.25) is 5.02 Å². The molecule has 42 heavy (non-hydrogen) atoms. The summed E-state index contributed by atoms with van der Waals surface area (Å²) in [4.78, 5) is 16.8. The Morgan fingerprint density at radius 2 is 1.69 bits per heavy atom. The number of hydrogen-bond donors (Lipinski definition) is 3. The molecular formula is C31H44ClN8OP. The minimum Gasteiger partial charge on any atom is -0.494 e. The Morgan fingerprint density at radius 3 is 2.36 bits per heavy atom. The number of nitrogens with zero attached hydrogens (tertiary/aromatic N) is 5. The van der Waals surface area contributed by atoms with Gasteiger partial charge in [0.1, 0.15) is 10.8 Å². The second-order valence-corrected chi connectivity index (χ2v) is 14.1. The van der Waals surface area contributed by atoms with Gasteiger partial charge < -0.3 is 30.5 Å². The lowest BCUT2D eigenvalue weighted by atomic mass is 10.0. The fraction of sp³-hybridized carbons (Fsp3) is 0.484. The van der Waals surface area contributed by atoms with Gasteiger partial charge in [-0.1, -0.05) is 31.2 Å². The third-order valence-corrected chi connectivity index (χ3v) is 9.94. The van der Waals surface area contributed by atoms with Gasteiger partial charge in [0.15, 0.2) is 5.82 Å². The first-order valence-corrected chi connectivity index (χ1v) is 17.3. The molecule has 0 saturated carbocycles. The predicted molar refractivity (Wildman–Crippen MR) is 180 cm³/mol. The number of hydrogen-bond acceptors (Lipinski definition) is 9. The topological polar surface area (TPSA) is 80.8 Å². The fourth-order valence-electron chi connectivity index (χ4n) is 5.84. The summed E-state index contributed by atoms with van der Waals surface area (Å²) < 4.78 is 5.85. The average Bonchev–Trinajstić information content (AvgIpc) is 3.00. The monoisotopic (exact) mass is 610 g/mol. The molecule has 0 spiro atoms. The van der Waals surface area contributed by atoms with Crippen LogP contribution < -0.4 is 30.9 Å². The van der Waals surface area contributed by atoms with E-state index in [1.807, 2.05) is 7.05 Å². The van der Waals surface area contributed by atoms with Crippen molar-refractivity contribution in [1.29, 1.82) is 0 Å². The van der Waals surface area contributed by atoms with Gasteiger partial charge in [0.05, 0.1) is 30.4 Å². The van der Waals surface area contributed by atoms with Crippen molar-refractivity contribution in [1.82, 2.24) is 19.8 Å². The van der Waals surface area contributed by atoms with Gasteiger partial charge in [0.2, 0.25) is 5.95 Å². The minimum absolute atomic E-state index is 0.311. The number of anilines is 6. The second kappa shape index (κ2) is 13.6. The summed E-state index contributed by atoms with van der Waals surface area (Å²) in [6, 6.07) is 11.3. The standard InChI is InChI=1S/C31H44ClN8OP/c1-21-7-8-24(29(17-21)42(5)6)35-30-23(32)20-34-31(37-30)36-26-18-25(33-2)27(19-28(26)41-4)40-11-9-22(10-12-40)39-15-13-38(3)14-16-39/h7-8,17-20,22,33H,9-16H2,1-6H3,(H2,34,35,36,37). The van der Waals surface area contributed by atoms with Crippen molar-refractivity contribution in [3.8, 4) is 5.75 Å². The number of piperidine rings is 1. The molecule has 1 aromatic heterocycles. The number of ether oxygens (including phenoxy) is 1. The summed E-state index contributed by atoms with van der Waals surface area (Å²) in [7, 11) is 5.57. The molecule has 9 nitrogen and oxygen atoms in total. The van der Waals surface area contributed by atoms with E-state index in [1.54, 1.807) is 13.3 Å². The Hall–Kier alpha value is -2.84. The molecule has 3 heterocycles. The minimum atomic E-state index is -0.311. The zero-order valence-electron chi connectivity index (χ0n) is 25.7. The van der Waals surface area contributed by atoms with Crippen molar-refractivity contribution < 1.29 is 4.74 Å². The van der Waals surface area contributed by atoms with Crippen LogP contribution >= 0.6 is 19.5 Å². The number of likely N-dealkylation sites (N-methyl/N-ethyl adjacent to an activating group) is 1. The maximum atomic E-state index is 6.54. The van der Waals surface area contributed by atoms with E-state index in [-0.39, 0.29) is 7.92 Å². The highest BCUT2D eigenvalue weighted by molar-refractivity contribution is 7.64. The molecule has 5 rings (SSSR count). The maximum Gasteiger partial charge on any atom is 0.229 e. The first-order chi connectivity index (χ1) is 20.2. The zero-order chi connectivity index (χ0) is 29.8. The summed E-state index contributed by atoms with van der Waals surface area (Å²) in [6.07, 6.45) is 3.96. The van der Waals surface area contributed by atoms with Crippen LogP contribution in [0, 0.1) is 6.92 Å². The molecule has 0 atom stereocenters. The van der Waals surface area contributed by atoms with Crippen LogP contribution in [0.1, 0.15) is 18.4 Å². The van der Waals surface area contributed by atoms with Gasteiger partial charge in [0, 0.05) is 64.1 Å². The van der Waals surface area contributed by atoms with Crippen molar-refractivity contribution >= 4 is 59.3 Å². The van der Waals surface area contributed by atoms with Gasteiger partial charge in [-0.2, -0.15) is 4.98 Å².